The fraction of sp³-hybridized carbons (Fsp3) is 0.500. The van der Waals surface area contributed by atoms with Gasteiger partial charge in [-0.3, -0.25) is 0 Å². The van der Waals surface area contributed by atoms with Crippen molar-refractivity contribution < 1.29 is 0 Å². The molecule has 3 heterocycles. The van der Waals surface area contributed by atoms with E-state index in [1.54, 1.807) is 6.20 Å². The van der Waals surface area contributed by atoms with Crippen LogP contribution in [0.4, 0.5) is 0 Å². The first-order chi connectivity index (χ1) is 7.45. The van der Waals surface area contributed by atoms with E-state index in [2.05, 4.69) is 20.6 Å². The van der Waals surface area contributed by atoms with Crippen molar-refractivity contribution in [3.63, 3.8) is 0 Å². The second-order valence-corrected chi connectivity index (χ2v) is 3.88. The summed E-state index contributed by atoms with van der Waals surface area (Å²) in [5.41, 5.74) is 0.839. The minimum Gasteiger partial charge on any atom is -0.317 e. The molecule has 1 fully saturated rings. The van der Waals surface area contributed by atoms with Crippen molar-refractivity contribution in [3.05, 3.63) is 24.2 Å². The van der Waals surface area contributed by atoms with Crippen molar-refractivity contribution in [1.29, 1.82) is 0 Å². The molecule has 0 unspecified atom stereocenters. The molecule has 0 radical (unpaired) electrons. The Hall–Kier alpha value is -1.20. The van der Waals surface area contributed by atoms with Crippen LogP contribution >= 0.6 is 12.4 Å². The summed E-state index contributed by atoms with van der Waals surface area (Å²) in [7, 11) is 0. The van der Waals surface area contributed by atoms with Gasteiger partial charge in [0.15, 0.2) is 11.5 Å². The van der Waals surface area contributed by atoms with Gasteiger partial charge in [-0.25, -0.2) is 0 Å². The Morgan fingerprint density at radius 3 is 2.88 bits per heavy atom. The first kappa shape index (κ1) is 11.3. The maximum Gasteiger partial charge on any atom is 0.177 e. The van der Waals surface area contributed by atoms with Crippen LogP contribution in [0.5, 0.6) is 0 Å². The highest BCUT2D eigenvalue weighted by Gasteiger charge is 2.20. The summed E-state index contributed by atoms with van der Waals surface area (Å²) in [6.07, 6.45) is 4.02. The van der Waals surface area contributed by atoms with Gasteiger partial charge >= 0.3 is 0 Å². The lowest BCUT2D eigenvalue weighted by Crippen LogP contribution is -2.27. The van der Waals surface area contributed by atoms with Crippen molar-refractivity contribution >= 4 is 18.1 Å². The number of halogens is 1. The predicted molar refractivity (Wildman–Crippen MR) is 62.9 cm³/mol. The minimum absolute atomic E-state index is 0. The Labute approximate surface area is 99.7 Å². The van der Waals surface area contributed by atoms with Gasteiger partial charge in [0.25, 0.3) is 0 Å². The summed E-state index contributed by atoms with van der Waals surface area (Å²) in [5.74, 6) is 1.50. The van der Waals surface area contributed by atoms with E-state index in [4.69, 9.17) is 0 Å². The zero-order valence-electron chi connectivity index (χ0n) is 8.83. The SMILES string of the molecule is Cl.c1cnn2c(C3CCNCC3)nnc2c1. The fourth-order valence-corrected chi connectivity index (χ4v) is 2.10. The summed E-state index contributed by atoms with van der Waals surface area (Å²) in [6.45, 7) is 2.12. The van der Waals surface area contributed by atoms with Gasteiger partial charge in [-0.2, -0.15) is 9.61 Å². The molecule has 0 atom stereocenters. The molecule has 6 heteroatoms. The Balaban J connectivity index is 0.000000963. The van der Waals surface area contributed by atoms with Crippen molar-refractivity contribution in [2.75, 3.05) is 13.1 Å². The van der Waals surface area contributed by atoms with E-state index >= 15 is 0 Å². The van der Waals surface area contributed by atoms with Crippen molar-refractivity contribution in [3.8, 4) is 0 Å². The molecule has 0 spiro atoms. The van der Waals surface area contributed by atoms with Crippen LogP contribution in [0.3, 0.4) is 0 Å². The molecule has 16 heavy (non-hydrogen) atoms. The summed E-state index contributed by atoms with van der Waals surface area (Å²) in [6, 6.07) is 3.82. The third-order valence-electron chi connectivity index (χ3n) is 2.91. The Morgan fingerprint density at radius 1 is 1.25 bits per heavy atom. The normalized spacial score (nSPS) is 17.2. The van der Waals surface area contributed by atoms with Gasteiger partial charge in [0.1, 0.15) is 0 Å². The van der Waals surface area contributed by atoms with Gasteiger partial charge in [-0.15, -0.1) is 22.6 Å². The van der Waals surface area contributed by atoms with Gasteiger partial charge in [0.05, 0.1) is 0 Å². The molecular formula is C10H14ClN5. The second-order valence-electron chi connectivity index (χ2n) is 3.88. The van der Waals surface area contributed by atoms with E-state index in [0.717, 1.165) is 37.4 Å². The average molecular weight is 240 g/mol. The summed E-state index contributed by atoms with van der Waals surface area (Å²) < 4.78 is 1.86. The Morgan fingerprint density at radius 2 is 2.06 bits per heavy atom. The molecule has 2 aromatic heterocycles. The fourth-order valence-electron chi connectivity index (χ4n) is 2.10. The molecule has 0 amide bonds. The lowest BCUT2D eigenvalue weighted by molar-refractivity contribution is 0.439. The highest BCUT2D eigenvalue weighted by atomic mass is 35.5. The zero-order chi connectivity index (χ0) is 10.1. The number of nitrogens with one attached hydrogen (secondary N) is 1. The van der Waals surface area contributed by atoms with E-state index < -0.39 is 0 Å². The molecule has 1 N–H and O–H groups in total. The zero-order valence-corrected chi connectivity index (χ0v) is 9.65. The van der Waals surface area contributed by atoms with Gasteiger partial charge in [0, 0.05) is 12.1 Å². The van der Waals surface area contributed by atoms with Gasteiger partial charge < -0.3 is 5.32 Å². The van der Waals surface area contributed by atoms with Crippen molar-refractivity contribution in [2.24, 2.45) is 0 Å². The monoisotopic (exact) mass is 239 g/mol. The van der Waals surface area contributed by atoms with Crippen LogP contribution in [0.15, 0.2) is 18.3 Å². The molecule has 86 valence electrons. The summed E-state index contributed by atoms with van der Waals surface area (Å²) >= 11 is 0. The summed E-state index contributed by atoms with van der Waals surface area (Å²) in [5, 5.41) is 16.0. The standard InChI is InChI=1S/C10H13N5.ClH/c1-2-9-13-14-10(15(9)12-5-1)8-3-6-11-7-4-8;/h1-2,5,8,11H,3-4,6-7H2;1H. The first-order valence-corrected chi connectivity index (χ1v) is 5.32. The Kier molecular flexibility index (Phi) is 3.36. The van der Waals surface area contributed by atoms with E-state index in [-0.39, 0.29) is 12.4 Å². The third-order valence-corrected chi connectivity index (χ3v) is 2.91. The van der Waals surface area contributed by atoms with Crippen molar-refractivity contribution in [2.45, 2.75) is 18.8 Å². The van der Waals surface area contributed by atoms with Gasteiger partial charge in [0.2, 0.25) is 0 Å². The van der Waals surface area contributed by atoms with Crippen LogP contribution < -0.4 is 5.32 Å². The maximum atomic E-state index is 4.29. The van der Waals surface area contributed by atoms with Crippen LogP contribution in [0, 0.1) is 0 Å². The Bertz CT molecular complexity index is 463. The van der Waals surface area contributed by atoms with Gasteiger partial charge in [-0.1, -0.05) is 0 Å². The van der Waals surface area contributed by atoms with E-state index in [9.17, 15) is 0 Å². The average Bonchev–Trinajstić information content (AvgIpc) is 2.74. The maximum absolute atomic E-state index is 4.29. The molecule has 0 saturated carbocycles. The number of hydrogen-bond acceptors (Lipinski definition) is 4. The molecule has 1 aliphatic rings. The van der Waals surface area contributed by atoms with Crippen LogP contribution in [-0.4, -0.2) is 32.9 Å². The number of piperidine rings is 1. The predicted octanol–water partition coefficient (Wildman–Crippen LogP) is 1.01. The van der Waals surface area contributed by atoms with E-state index in [1.807, 2.05) is 16.6 Å². The van der Waals surface area contributed by atoms with Crippen LogP contribution in [0.2, 0.25) is 0 Å². The van der Waals surface area contributed by atoms with Crippen LogP contribution in [0.1, 0.15) is 24.6 Å². The molecule has 1 saturated heterocycles. The molecule has 5 nitrogen and oxygen atoms in total. The molecule has 3 rings (SSSR count). The highest BCUT2D eigenvalue weighted by Crippen LogP contribution is 2.22. The van der Waals surface area contributed by atoms with E-state index in [1.165, 1.54) is 0 Å². The summed E-state index contributed by atoms with van der Waals surface area (Å²) in [4.78, 5) is 0. The van der Waals surface area contributed by atoms with Crippen LogP contribution in [0.25, 0.3) is 5.65 Å². The van der Waals surface area contributed by atoms with Crippen molar-refractivity contribution in [1.82, 2.24) is 25.1 Å². The largest absolute Gasteiger partial charge is 0.317 e. The second kappa shape index (κ2) is 4.76. The number of rotatable bonds is 1. The topological polar surface area (TPSA) is 55.1 Å². The molecule has 2 aromatic rings. The number of nitrogens with zero attached hydrogens (tertiary/aromatic N) is 4. The first-order valence-electron chi connectivity index (χ1n) is 5.32. The smallest absolute Gasteiger partial charge is 0.177 e. The van der Waals surface area contributed by atoms with Crippen LogP contribution in [-0.2, 0) is 0 Å². The lowest BCUT2D eigenvalue weighted by atomic mass is 9.97. The lowest BCUT2D eigenvalue weighted by Gasteiger charge is -2.20. The molecule has 1 aliphatic heterocycles. The third kappa shape index (κ3) is 1.88. The number of hydrogen-bond donors (Lipinski definition) is 1. The molecule has 0 aliphatic carbocycles. The number of fused-ring (bicyclic) bond motifs is 1. The molecule has 0 aromatic carbocycles. The molecule has 0 bridgehead atoms. The van der Waals surface area contributed by atoms with Gasteiger partial charge in [-0.05, 0) is 38.1 Å². The quantitative estimate of drug-likeness (QED) is 0.807. The van der Waals surface area contributed by atoms with E-state index in [0.29, 0.717) is 5.92 Å². The highest BCUT2D eigenvalue weighted by molar-refractivity contribution is 5.85. The molecular weight excluding hydrogens is 226 g/mol. The number of aromatic nitrogens is 4. The minimum atomic E-state index is 0.